The number of sulfonamides is 1. The third-order valence-electron chi connectivity index (χ3n) is 3.68. The van der Waals surface area contributed by atoms with Crippen LogP contribution in [0.3, 0.4) is 0 Å². The molecule has 0 aliphatic heterocycles. The van der Waals surface area contributed by atoms with E-state index in [1.165, 1.54) is 17.5 Å². The molecule has 3 rings (SSSR count). The van der Waals surface area contributed by atoms with Gasteiger partial charge in [-0.2, -0.15) is 11.3 Å². The van der Waals surface area contributed by atoms with Gasteiger partial charge in [0.1, 0.15) is 0 Å². The van der Waals surface area contributed by atoms with Crippen molar-refractivity contribution >= 4 is 21.4 Å². The number of thiophene rings is 1. The minimum atomic E-state index is -3.42. The Kier molecular flexibility index (Phi) is 3.92. The fourth-order valence-electron chi connectivity index (χ4n) is 2.53. The van der Waals surface area contributed by atoms with E-state index in [4.69, 9.17) is 0 Å². The molecular weight excluding hydrogens is 290 g/mol. The van der Waals surface area contributed by atoms with Crippen molar-refractivity contribution in [1.82, 2.24) is 4.72 Å². The van der Waals surface area contributed by atoms with Crippen molar-refractivity contribution in [2.24, 2.45) is 0 Å². The molecule has 2 aromatic rings. The average Bonchev–Trinajstić information content (AvgIpc) is 2.98. The van der Waals surface area contributed by atoms with Crippen molar-refractivity contribution in [3.8, 4) is 0 Å². The summed E-state index contributed by atoms with van der Waals surface area (Å²) in [6.07, 6.45) is 4.41. The van der Waals surface area contributed by atoms with E-state index in [2.05, 4.69) is 4.72 Å². The van der Waals surface area contributed by atoms with E-state index in [-0.39, 0.29) is 0 Å². The molecule has 0 saturated heterocycles. The van der Waals surface area contributed by atoms with Crippen LogP contribution < -0.4 is 4.72 Å². The van der Waals surface area contributed by atoms with Crippen molar-refractivity contribution in [3.63, 3.8) is 0 Å². The topological polar surface area (TPSA) is 46.2 Å². The lowest BCUT2D eigenvalue weighted by Gasteiger charge is -2.16. The molecule has 1 aromatic carbocycles. The molecule has 1 N–H and O–H groups in total. The molecule has 0 unspecified atom stereocenters. The first kappa shape index (κ1) is 13.8. The van der Waals surface area contributed by atoms with Gasteiger partial charge in [-0.25, -0.2) is 13.1 Å². The van der Waals surface area contributed by atoms with Gasteiger partial charge in [-0.1, -0.05) is 6.07 Å². The van der Waals surface area contributed by atoms with Gasteiger partial charge in [0.05, 0.1) is 4.90 Å². The normalized spacial score (nSPS) is 15.0. The zero-order valence-corrected chi connectivity index (χ0v) is 12.8. The van der Waals surface area contributed by atoms with E-state index in [0.29, 0.717) is 11.4 Å². The molecule has 0 radical (unpaired) electrons. The summed E-state index contributed by atoms with van der Waals surface area (Å²) in [6, 6.07) is 7.46. The Labute approximate surface area is 123 Å². The second-order valence-corrected chi connectivity index (χ2v) is 7.64. The van der Waals surface area contributed by atoms with E-state index >= 15 is 0 Å². The van der Waals surface area contributed by atoms with Crippen molar-refractivity contribution in [2.75, 3.05) is 0 Å². The summed E-state index contributed by atoms with van der Waals surface area (Å²) in [5.41, 5.74) is 3.49. The van der Waals surface area contributed by atoms with Crippen LogP contribution in [0.1, 0.15) is 29.5 Å². The zero-order chi connectivity index (χ0) is 14.0. The number of fused-ring (bicyclic) bond motifs is 1. The molecular formula is C15H17NO2S2. The zero-order valence-electron chi connectivity index (χ0n) is 11.1. The molecule has 1 aliphatic carbocycles. The highest BCUT2D eigenvalue weighted by Gasteiger charge is 2.17. The number of hydrogen-bond acceptors (Lipinski definition) is 3. The number of nitrogens with one attached hydrogen (secondary N) is 1. The highest BCUT2D eigenvalue weighted by Crippen LogP contribution is 2.24. The van der Waals surface area contributed by atoms with Gasteiger partial charge in [0.2, 0.25) is 10.0 Å². The number of hydrogen-bond donors (Lipinski definition) is 1. The van der Waals surface area contributed by atoms with Crippen molar-refractivity contribution in [3.05, 3.63) is 51.7 Å². The summed E-state index contributed by atoms with van der Waals surface area (Å²) in [7, 11) is -3.42. The van der Waals surface area contributed by atoms with Crippen LogP contribution in [0.15, 0.2) is 39.9 Å². The number of aryl methyl sites for hydroxylation is 2. The predicted octanol–water partition coefficient (Wildman–Crippen LogP) is 3.11. The summed E-state index contributed by atoms with van der Waals surface area (Å²) in [5, 5.41) is 3.90. The van der Waals surface area contributed by atoms with E-state index in [1.54, 1.807) is 17.4 Å². The molecule has 1 heterocycles. The summed E-state index contributed by atoms with van der Waals surface area (Å²) in [6.45, 7) is 0.350. The van der Waals surface area contributed by atoms with Gasteiger partial charge < -0.3 is 0 Å². The molecule has 0 atom stereocenters. The van der Waals surface area contributed by atoms with E-state index in [1.807, 2.05) is 29.0 Å². The molecule has 0 amide bonds. The molecule has 5 heteroatoms. The Bertz CT molecular complexity index is 691. The summed E-state index contributed by atoms with van der Waals surface area (Å²) < 4.78 is 27.3. The van der Waals surface area contributed by atoms with Crippen LogP contribution in [0, 0.1) is 0 Å². The van der Waals surface area contributed by atoms with E-state index < -0.39 is 10.0 Å². The van der Waals surface area contributed by atoms with Crippen LogP contribution in [-0.4, -0.2) is 8.42 Å². The molecule has 106 valence electrons. The van der Waals surface area contributed by atoms with Crippen LogP contribution in [0.5, 0.6) is 0 Å². The Morgan fingerprint density at radius 3 is 2.65 bits per heavy atom. The van der Waals surface area contributed by atoms with Crippen molar-refractivity contribution < 1.29 is 8.42 Å². The van der Waals surface area contributed by atoms with Gasteiger partial charge in [-0.15, -0.1) is 0 Å². The average molecular weight is 307 g/mol. The standard InChI is InChI=1S/C15H17NO2S2/c17-20(18,16-10-12-7-8-19-11-12)15-6-5-13-3-1-2-4-14(13)9-15/h5-9,11,16H,1-4,10H2. The van der Waals surface area contributed by atoms with Gasteiger partial charge in [-0.3, -0.25) is 0 Å². The molecule has 1 aromatic heterocycles. The highest BCUT2D eigenvalue weighted by molar-refractivity contribution is 7.89. The molecule has 3 nitrogen and oxygen atoms in total. The number of benzene rings is 1. The second kappa shape index (κ2) is 5.68. The Morgan fingerprint density at radius 2 is 1.90 bits per heavy atom. The first-order chi connectivity index (χ1) is 9.65. The van der Waals surface area contributed by atoms with Crippen molar-refractivity contribution in [1.29, 1.82) is 0 Å². The van der Waals surface area contributed by atoms with Crippen molar-refractivity contribution in [2.45, 2.75) is 37.1 Å². The first-order valence-corrected chi connectivity index (χ1v) is 9.20. The SMILES string of the molecule is O=S(=O)(NCc1ccsc1)c1ccc2c(c1)CCCC2. The Morgan fingerprint density at radius 1 is 1.10 bits per heavy atom. The lowest BCUT2D eigenvalue weighted by molar-refractivity contribution is 0.580. The first-order valence-electron chi connectivity index (χ1n) is 6.78. The van der Waals surface area contributed by atoms with Gasteiger partial charge in [-0.05, 0) is 71.3 Å². The van der Waals surface area contributed by atoms with Crippen LogP contribution in [0.25, 0.3) is 0 Å². The van der Waals surface area contributed by atoms with Crippen LogP contribution in [-0.2, 0) is 29.4 Å². The van der Waals surface area contributed by atoms with Gasteiger partial charge >= 0.3 is 0 Å². The quantitative estimate of drug-likeness (QED) is 0.943. The van der Waals surface area contributed by atoms with Gasteiger partial charge in [0.15, 0.2) is 0 Å². The summed E-state index contributed by atoms with van der Waals surface area (Å²) in [5.74, 6) is 0. The molecule has 0 spiro atoms. The number of rotatable bonds is 4. The maximum atomic E-state index is 12.3. The maximum absolute atomic E-state index is 12.3. The van der Waals surface area contributed by atoms with Crippen LogP contribution in [0.2, 0.25) is 0 Å². The Balaban J connectivity index is 1.80. The fourth-order valence-corrected chi connectivity index (χ4v) is 4.27. The fraction of sp³-hybridized carbons (Fsp3) is 0.333. The molecule has 1 aliphatic rings. The summed E-state index contributed by atoms with van der Waals surface area (Å²) in [4.78, 5) is 0.383. The van der Waals surface area contributed by atoms with E-state index in [9.17, 15) is 8.42 Å². The Hall–Kier alpha value is -1.17. The molecule has 0 bridgehead atoms. The lowest BCUT2D eigenvalue weighted by atomic mass is 9.92. The molecule has 0 fully saturated rings. The largest absolute Gasteiger partial charge is 0.240 e. The molecule has 0 saturated carbocycles. The van der Waals surface area contributed by atoms with E-state index in [0.717, 1.165) is 24.8 Å². The maximum Gasteiger partial charge on any atom is 0.240 e. The van der Waals surface area contributed by atoms with Gasteiger partial charge in [0.25, 0.3) is 0 Å². The minimum Gasteiger partial charge on any atom is -0.207 e. The highest BCUT2D eigenvalue weighted by atomic mass is 32.2. The third-order valence-corrected chi connectivity index (χ3v) is 5.81. The predicted molar refractivity (Wildman–Crippen MR) is 81.4 cm³/mol. The smallest absolute Gasteiger partial charge is 0.207 e. The second-order valence-electron chi connectivity index (χ2n) is 5.09. The monoisotopic (exact) mass is 307 g/mol. The lowest BCUT2D eigenvalue weighted by Crippen LogP contribution is -2.23. The van der Waals surface area contributed by atoms with Gasteiger partial charge in [0, 0.05) is 6.54 Å². The van der Waals surface area contributed by atoms with Crippen LogP contribution >= 0.6 is 11.3 Å². The molecule has 20 heavy (non-hydrogen) atoms. The minimum absolute atomic E-state index is 0.350. The van der Waals surface area contributed by atoms with Crippen LogP contribution in [0.4, 0.5) is 0 Å². The summed E-state index contributed by atoms with van der Waals surface area (Å²) >= 11 is 1.57. The third kappa shape index (κ3) is 2.95.